The fraction of sp³-hybridized carbons (Fsp3) is 0.647. The lowest BCUT2D eigenvalue weighted by atomic mass is 10.0. The van der Waals surface area contributed by atoms with Gasteiger partial charge in [-0.15, -0.1) is 0 Å². The van der Waals surface area contributed by atoms with E-state index in [2.05, 4.69) is 4.98 Å². The summed E-state index contributed by atoms with van der Waals surface area (Å²) < 4.78 is 18.1. The number of pyridine rings is 1. The van der Waals surface area contributed by atoms with Crippen molar-refractivity contribution in [3.63, 3.8) is 0 Å². The summed E-state index contributed by atoms with van der Waals surface area (Å²) in [6, 6.07) is 3.67. The van der Waals surface area contributed by atoms with Crippen molar-refractivity contribution in [1.82, 2.24) is 9.88 Å². The van der Waals surface area contributed by atoms with Crippen molar-refractivity contribution in [2.75, 3.05) is 12.3 Å². The SMILES string of the molecule is Cc1ccnc(S(=O)CC2CCCCN2C(=O)OC(C)(C)C)c1. The Hall–Kier alpha value is -1.43. The van der Waals surface area contributed by atoms with Gasteiger partial charge in [-0.05, 0) is 64.7 Å². The third-order valence-electron chi connectivity index (χ3n) is 3.72. The molecule has 2 rings (SSSR count). The Morgan fingerprint density at radius 3 is 2.83 bits per heavy atom. The number of likely N-dealkylation sites (tertiary alicyclic amines) is 1. The highest BCUT2D eigenvalue weighted by Crippen LogP contribution is 2.22. The smallest absolute Gasteiger partial charge is 0.410 e. The summed E-state index contributed by atoms with van der Waals surface area (Å²) in [5.74, 6) is 0.412. The summed E-state index contributed by atoms with van der Waals surface area (Å²) in [6.07, 6.45) is 4.23. The third kappa shape index (κ3) is 5.30. The molecule has 2 atom stereocenters. The average Bonchev–Trinajstić information content (AvgIpc) is 2.46. The van der Waals surface area contributed by atoms with Crippen LogP contribution in [0.4, 0.5) is 4.79 Å². The van der Waals surface area contributed by atoms with Crippen LogP contribution in [0.1, 0.15) is 45.6 Å². The fourth-order valence-corrected chi connectivity index (χ4v) is 3.99. The van der Waals surface area contributed by atoms with E-state index in [1.54, 1.807) is 11.1 Å². The molecule has 1 aliphatic heterocycles. The third-order valence-corrected chi connectivity index (χ3v) is 5.10. The predicted octanol–water partition coefficient (Wildman–Crippen LogP) is 3.29. The van der Waals surface area contributed by atoms with Gasteiger partial charge in [-0.1, -0.05) is 0 Å². The van der Waals surface area contributed by atoms with Gasteiger partial charge in [-0.2, -0.15) is 0 Å². The number of ether oxygens (including phenoxy) is 1. The van der Waals surface area contributed by atoms with Gasteiger partial charge in [0, 0.05) is 18.8 Å². The molecule has 0 bridgehead atoms. The number of amides is 1. The molecule has 1 aromatic heterocycles. The van der Waals surface area contributed by atoms with Crippen LogP contribution in [0.15, 0.2) is 23.4 Å². The first-order valence-electron chi connectivity index (χ1n) is 8.07. The highest BCUT2D eigenvalue weighted by Gasteiger charge is 2.31. The number of aryl methyl sites for hydroxylation is 1. The molecule has 1 fully saturated rings. The summed E-state index contributed by atoms with van der Waals surface area (Å²) in [4.78, 5) is 18.3. The molecule has 0 saturated carbocycles. The van der Waals surface area contributed by atoms with E-state index in [1.807, 2.05) is 39.8 Å². The second-order valence-corrected chi connectivity index (χ2v) is 8.45. The molecule has 0 N–H and O–H groups in total. The normalized spacial score (nSPS) is 20.2. The molecule has 0 aromatic carbocycles. The first-order chi connectivity index (χ1) is 10.8. The van der Waals surface area contributed by atoms with Crippen LogP contribution in [0.3, 0.4) is 0 Å². The molecule has 1 saturated heterocycles. The molecule has 0 spiro atoms. The molecule has 6 heteroatoms. The van der Waals surface area contributed by atoms with Gasteiger partial charge in [0.15, 0.2) is 0 Å². The van der Waals surface area contributed by atoms with Crippen molar-refractivity contribution in [2.45, 2.75) is 63.6 Å². The van der Waals surface area contributed by atoms with Crippen LogP contribution in [0, 0.1) is 6.92 Å². The predicted molar refractivity (Wildman–Crippen MR) is 90.8 cm³/mol. The molecule has 1 aromatic rings. The van der Waals surface area contributed by atoms with Gasteiger partial charge in [-0.25, -0.2) is 9.78 Å². The second kappa shape index (κ2) is 7.43. The van der Waals surface area contributed by atoms with Crippen LogP contribution in [-0.4, -0.2) is 44.1 Å². The van der Waals surface area contributed by atoms with Crippen molar-refractivity contribution in [3.8, 4) is 0 Å². The molecule has 5 nitrogen and oxygen atoms in total. The molecular weight excluding hydrogens is 312 g/mol. The van der Waals surface area contributed by atoms with Crippen LogP contribution in [0.5, 0.6) is 0 Å². The quantitative estimate of drug-likeness (QED) is 0.848. The maximum absolute atomic E-state index is 12.6. The van der Waals surface area contributed by atoms with Crippen molar-refractivity contribution in [1.29, 1.82) is 0 Å². The van der Waals surface area contributed by atoms with Crippen molar-refractivity contribution < 1.29 is 13.7 Å². The summed E-state index contributed by atoms with van der Waals surface area (Å²) in [5, 5.41) is 0.583. The van der Waals surface area contributed by atoms with Crippen molar-refractivity contribution in [3.05, 3.63) is 23.9 Å². The van der Waals surface area contributed by atoms with E-state index in [1.165, 1.54) is 0 Å². The van der Waals surface area contributed by atoms with Crippen LogP contribution < -0.4 is 0 Å². The minimum Gasteiger partial charge on any atom is -0.444 e. The zero-order valence-corrected chi connectivity index (χ0v) is 15.2. The molecule has 0 aliphatic carbocycles. The fourth-order valence-electron chi connectivity index (χ4n) is 2.63. The number of carbonyl (C=O) groups is 1. The molecular formula is C17H26N2O3S. The Morgan fingerprint density at radius 1 is 1.43 bits per heavy atom. The average molecular weight is 338 g/mol. The Balaban J connectivity index is 2.06. The van der Waals surface area contributed by atoms with E-state index in [-0.39, 0.29) is 12.1 Å². The van der Waals surface area contributed by atoms with Crippen LogP contribution >= 0.6 is 0 Å². The largest absolute Gasteiger partial charge is 0.444 e. The Kier molecular flexibility index (Phi) is 5.79. The summed E-state index contributed by atoms with van der Waals surface area (Å²) in [6.45, 7) is 8.20. The monoisotopic (exact) mass is 338 g/mol. The standard InChI is InChI=1S/C17H26N2O3S/c1-13-8-9-18-15(11-13)23(21)12-14-7-5-6-10-19(14)16(20)22-17(2,3)4/h8-9,11,14H,5-7,10,12H2,1-4H3. The highest BCUT2D eigenvalue weighted by atomic mass is 32.2. The molecule has 128 valence electrons. The lowest BCUT2D eigenvalue weighted by Crippen LogP contribution is -2.48. The summed E-state index contributed by atoms with van der Waals surface area (Å²) >= 11 is 0. The van der Waals surface area contributed by atoms with E-state index in [0.717, 1.165) is 24.8 Å². The maximum Gasteiger partial charge on any atom is 0.410 e. The van der Waals surface area contributed by atoms with E-state index < -0.39 is 16.4 Å². The lowest BCUT2D eigenvalue weighted by molar-refractivity contribution is 0.0125. The number of hydrogen-bond donors (Lipinski definition) is 0. The van der Waals surface area contributed by atoms with Crippen molar-refractivity contribution >= 4 is 16.9 Å². The first kappa shape index (κ1) is 17.9. The zero-order chi connectivity index (χ0) is 17.0. The topological polar surface area (TPSA) is 59.5 Å². The first-order valence-corrected chi connectivity index (χ1v) is 9.39. The second-order valence-electron chi connectivity index (χ2n) is 7.01. The molecule has 1 aliphatic rings. The van der Waals surface area contributed by atoms with Gasteiger partial charge in [0.2, 0.25) is 0 Å². The minimum absolute atomic E-state index is 0.0539. The molecule has 0 radical (unpaired) electrons. The van der Waals surface area contributed by atoms with E-state index >= 15 is 0 Å². The lowest BCUT2D eigenvalue weighted by Gasteiger charge is -2.36. The maximum atomic E-state index is 12.6. The molecule has 23 heavy (non-hydrogen) atoms. The van der Waals surface area contributed by atoms with E-state index in [4.69, 9.17) is 4.74 Å². The number of carbonyl (C=O) groups excluding carboxylic acids is 1. The van der Waals surface area contributed by atoms with Crippen molar-refractivity contribution in [2.24, 2.45) is 0 Å². The van der Waals surface area contributed by atoms with E-state index in [9.17, 15) is 9.00 Å². The van der Waals surface area contributed by atoms with E-state index in [0.29, 0.717) is 17.3 Å². The Bertz CT molecular complexity index is 583. The van der Waals surface area contributed by atoms with Gasteiger partial charge in [0.05, 0.1) is 16.6 Å². The Morgan fingerprint density at radius 2 is 2.17 bits per heavy atom. The summed E-state index contributed by atoms with van der Waals surface area (Å²) in [5.41, 5.74) is 0.520. The number of nitrogens with zero attached hydrogens (tertiary/aromatic N) is 2. The number of rotatable bonds is 3. The Labute approximate surface area is 140 Å². The molecule has 2 unspecified atom stereocenters. The molecule has 1 amide bonds. The molecule has 2 heterocycles. The summed E-state index contributed by atoms with van der Waals surface area (Å²) in [7, 11) is -1.21. The number of aromatic nitrogens is 1. The zero-order valence-electron chi connectivity index (χ0n) is 14.4. The van der Waals surface area contributed by atoms with Gasteiger partial charge in [-0.3, -0.25) is 4.21 Å². The van der Waals surface area contributed by atoms with Crippen LogP contribution in [-0.2, 0) is 15.5 Å². The van der Waals surface area contributed by atoms with Crippen LogP contribution in [0.25, 0.3) is 0 Å². The van der Waals surface area contributed by atoms with Gasteiger partial charge < -0.3 is 9.64 Å². The van der Waals surface area contributed by atoms with Crippen LogP contribution in [0.2, 0.25) is 0 Å². The van der Waals surface area contributed by atoms with Gasteiger partial charge in [0.1, 0.15) is 10.6 Å². The van der Waals surface area contributed by atoms with Gasteiger partial charge in [0.25, 0.3) is 0 Å². The van der Waals surface area contributed by atoms with Gasteiger partial charge >= 0.3 is 6.09 Å². The number of piperidine rings is 1. The number of hydrogen-bond acceptors (Lipinski definition) is 4. The highest BCUT2D eigenvalue weighted by molar-refractivity contribution is 7.85. The minimum atomic E-state index is -1.21.